The van der Waals surface area contributed by atoms with E-state index < -0.39 is 6.10 Å². The molecule has 0 aliphatic carbocycles. The van der Waals surface area contributed by atoms with Crippen molar-refractivity contribution < 1.29 is 28.6 Å². The fourth-order valence-corrected chi connectivity index (χ4v) is 10.3. The van der Waals surface area contributed by atoms with Gasteiger partial charge >= 0.3 is 17.9 Å². The maximum absolute atomic E-state index is 12.9. The van der Waals surface area contributed by atoms with Gasteiger partial charge in [-0.1, -0.05) is 328 Å². The summed E-state index contributed by atoms with van der Waals surface area (Å²) in [5, 5.41) is 0. The Kier molecular flexibility index (Phi) is 61.1. The summed E-state index contributed by atoms with van der Waals surface area (Å²) >= 11 is 0. The number of carbonyl (C=O) groups excluding carboxylic acids is 3. The van der Waals surface area contributed by atoms with E-state index in [-0.39, 0.29) is 31.1 Å². The monoisotopic (exact) mass is 1030 g/mol. The number of allylic oxidation sites excluding steroid dienone is 2. The summed E-state index contributed by atoms with van der Waals surface area (Å²) in [6.45, 7) is 6.72. The minimum atomic E-state index is -0.766. The maximum atomic E-state index is 12.9. The van der Waals surface area contributed by atoms with Crippen LogP contribution in [0.3, 0.4) is 0 Å². The molecule has 0 aromatic heterocycles. The Hall–Kier alpha value is -1.85. The van der Waals surface area contributed by atoms with Crippen molar-refractivity contribution in [3.05, 3.63) is 12.2 Å². The average Bonchev–Trinajstić information content (AvgIpc) is 3.39. The van der Waals surface area contributed by atoms with E-state index in [2.05, 4.69) is 32.9 Å². The number of hydrogen-bond acceptors (Lipinski definition) is 6. The van der Waals surface area contributed by atoms with Crippen molar-refractivity contribution in [1.29, 1.82) is 0 Å². The van der Waals surface area contributed by atoms with Gasteiger partial charge in [0.1, 0.15) is 13.2 Å². The minimum absolute atomic E-state index is 0.0635. The van der Waals surface area contributed by atoms with Crippen molar-refractivity contribution in [2.45, 2.75) is 386 Å². The van der Waals surface area contributed by atoms with Crippen LogP contribution in [-0.4, -0.2) is 37.2 Å². The molecule has 0 saturated heterocycles. The highest BCUT2D eigenvalue weighted by Gasteiger charge is 2.19. The van der Waals surface area contributed by atoms with Gasteiger partial charge in [0, 0.05) is 19.3 Å². The standard InChI is InChI=1S/C67H128O6/c1-4-7-10-13-16-19-22-25-28-31-34-37-39-42-45-48-51-54-57-60-66(69)72-63-64(73-67(70)61-58-55-52-49-46-43-40-36-33-30-27-24-21-18-15-12-9-6-3)62-71-65(68)59-56-53-50-47-44-41-38-35-32-29-26-23-20-17-14-11-8-5-2/h25,28,64H,4-24,26-27,29-63H2,1-3H3/b28-25-. The predicted octanol–water partition coefficient (Wildman–Crippen LogP) is 22.4. The van der Waals surface area contributed by atoms with Crippen LogP contribution in [0.5, 0.6) is 0 Å². The zero-order valence-electron chi connectivity index (χ0n) is 49.7. The summed E-state index contributed by atoms with van der Waals surface area (Å²) in [6, 6.07) is 0. The Labute approximate surface area is 456 Å². The van der Waals surface area contributed by atoms with Gasteiger partial charge in [-0.2, -0.15) is 0 Å². The SMILES string of the molecule is CCCCCCCC/C=C\CCCCCCCCCCCC(=O)OCC(COC(=O)CCCCCCCCCCCCCCCCCCCC)OC(=O)CCCCCCCCCCCCCCCCCCCC. The van der Waals surface area contributed by atoms with Gasteiger partial charge < -0.3 is 14.2 Å². The zero-order valence-corrected chi connectivity index (χ0v) is 49.7. The van der Waals surface area contributed by atoms with E-state index in [4.69, 9.17) is 14.2 Å². The van der Waals surface area contributed by atoms with Crippen LogP contribution >= 0.6 is 0 Å². The van der Waals surface area contributed by atoms with Crippen molar-refractivity contribution in [3.8, 4) is 0 Å². The topological polar surface area (TPSA) is 78.9 Å². The number of ether oxygens (including phenoxy) is 3. The van der Waals surface area contributed by atoms with Crippen molar-refractivity contribution >= 4 is 17.9 Å². The van der Waals surface area contributed by atoms with Crippen molar-refractivity contribution in [2.75, 3.05) is 13.2 Å². The molecule has 1 atom stereocenters. The van der Waals surface area contributed by atoms with E-state index in [9.17, 15) is 14.4 Å². The van der Waals surface area contributed by atoms with E-state index in [0.29, 0.717) is 19.3 Å². The van der Waals surface area contributed by atoms with Crippen LogP contribution in [-0.2, 0) is 28.6 Å². The Balaban J connectivity index is 4.30. The molecule has 0 bridgehead atoms. The molecule has 0 aliphatic rings. The first-order valence-corrected chi connectivity index (χ1v) is 33.2. The van der Waals surface area contributed by atoms with Crippen LogP contribution in [0.25, 0.3) is 0 Å². The second-order valence-electron chi connectivity index (χ2n) is 22.7. The summed E-state index contributed by atoms with van der Waals surface area (Å²) in [7, 11) is 0. The molecule has 0 heterocycles. The first-order chi connectivity index (χ1) is 36.0. The van der Waals surface area contributed by atoms with Gasteiger partial charge in [-0.25, -0.2) is 0 Å². The third-order valence-corrected chi connectivity index (χ3v) is 15.3. The lowest BCUT2D eigenvalue weighted by molar-refractivity contribution is -0.167. The van der Waals surface area contributed by atoms with E-state index in [1.54, 1.807) is 0 Å². The van der Waals surface area contributed by atoms with Gasteiger partial charge in [0.15, 0.2) is 6.10 Å². The third-order valence-electron chi connectivity index (χ3n) is 15.3. The van der Waals surface area contributed by atoms with E-state index >= 15 is 0 Å². The fourth-order valence-electron chi connectivity index (χ4n) is 10.3. The molecule has 73 heavy (non-hydrogen) atoms. The van der Waals surface area contributed by atoms with Crippen LogP contribution in [0, 0.1) is 0 Å². The first-order valence-electron chi connectivity index (χ1n) is 33.2. The maximum Gasteiger partial charge on any atom is 0.306 e. The summed E-state index contributed by atoms with van der Waals surface area (Å²) < 4.78 is 17.0. The third kappa shape index (κ3) is 60.9. The summed E-state index contributed by atoms with van der Waals surface area (Å²) in [4.78, 5) is 38.4. The van der Waals surface area contributed by atoms with Gasteiger partial charge in [-0.05, 0) is 44.9 Å². The molecule has 1 unspecified atom stereocenters. The van der Waals surface area contributed by atoms with Crippen molar-refractivity contribution in [2.24, 2.45) is 0 Å². The lowest BCUT2D eigenvalue weighted by Gasteiger charge is -2.18. The number of esters is 3. The van der Waals surface area contributed by atoms with Crippen LogP contribution in [0.4, 0.5) is 0 Å². The number of carbonyl (C=O) groups is 3. The van der Waals surface area contributed by atoms with Gasteiger partial charge in [-0.15, -0.1) is 0 Å². The highest BCUT2D eigenvalue weighted by molar-refractivity contribution is 5.71. The molecule has 6 heteroatoms. The molecule has 6 nitrogen and oxygen atoms in total. The lowest BCUT2D eigenvalue weighted by atomic mass is 10.0. The van der Waals surface area contributed by atoms with Crippen LogP contribution in [0.1, 0.15) is 380 Å². The molecule has 0 amide bonds. The smallest absolute Gasteiger partial charge is 0.306 e. The molecule has 0 spiro atoms. The number of hydrogen-bond donors (Lipinski definition) is 0. The number of unbranched alkanes of at least 4 members (excludes halogenated alkanes) is 49. The summed E-state index contributed by atoms with van der Waals surface area (Å²) in [6.07, 6.45) is 73.6. The minimum Gasteiger partial charge on any atom is -0.462 e. The molecular weight excluding hydrogens is 901 g/mol. The second kappa shape index (κ2) is 62.7. The van der Waals surface area contributed by atoms with Crippen LogP contribution < -0.4 is 0 Å². The van der Waals surface area contributed by atoms with Crippen LogP contribution in [0.15, 0.2) is 12.2 Å². The molecule has 0 fully saturated rings. The Morgan fingerprint density at radius 2 is 0.452 bits per heavy atom. The first kappa shape index (κ1) is 71.2. The van der Waals surface area contributed by atoms with Gasteiger partial charge in [0.25, 0.3) is 0 Å². The largest absolute Gasteiger partial charge is 0.462 e. The normalized spacial score (nSPS) is 12.0. The quantitative estimate of drug-likeness (QED) is 0.0261. The highest BCUT2D eigenvalue weighted by atomic mass is 16.6. The predicted molar refractivity (Wildman–Crippen MR) is 317 cm³/mol. The fraction of sp³-hybridized carbons (Fsp3) is 0.925. The van der Waals surface area contributed by atoms with Gasteiger partial charge in [0.05, 0.1) is 0 Å². The van der Waals surface area contributed by atoms with Gasteiger partial charge in [-0.3, -0.25) is 14.4 Å². The molecule has 0 aromatic carbocycles. The summed E-state index contributed by atoms with van der Waals surface area (Å²) in [5.74, 6) is -0.831. The highest BCUT2D eigenvalue weighted by Crippen LogP contribution is 2.18. The molecule has 0 aromatic rings. The van der Waals surface area contributed by atoms with E-state index in [0.717, 1.165) is 57.8 Å². The van der Waals surface area contributed by atoms with Crippen LogP contribution in [0.2, 0.25) is 0 Å². The Morgan fingerprint density at radius 3 is 0.685 bits per heavy atom. The molecule has 0 rings (SSSR count). The average molecular weight is 1030 g/mol. The molecule has 0 aliphatic heterocycles. The summed E-state index contributed by atoms with van der Waals surface area (Å²) in [5.41, 5.74) is 0. The van der Waals surface area contributed by atoms with Gasteiger partial charge in [0.2, 0.25) is 0 Å². The molecule has 0 saturated carbocycles. The van der Waals surface area contributed by atoms with Crippen molar-refractivity contribution in [1.82, 2.24) is 0 Å². The molecule has 0 radical (unpaired) electrons. The molecule has 432 valence electrons. The Bertz CT molecular complexity index is 1130. The van der Waals surface area contributed by atoms with Crippen molar-refractivity contribution in [3.63, 3.8) is 0 Å². The number of rotatable bonds is 62. The second-order valence-corrected chi connectivity index (χ2v) is 22.7. The Morgan fingerprint density at radius 1 is 0.260 bits per heavy atom. The zero-order chi connectivity index (χ0) is 52.9. The van der Waals surface area contributed by atoms with E-state index in [1.807, 2.05) is 0 Å². The molecule has 0 N–H and O–H groups in total. The lowest BCUT2D eigenvalue weighted by Crippen LogP contribution is -2.30. The van der Waals surface area contributed by atoms with E-state index in [1.165, 1.54) is 283 Å². The molecular formula is C67H128O6.